The summed E-state index contributed by atoms with van der Waals surface area (Å²) in [5.41, 5.74) is 1.91. The van der Waals surface area contributed by atoms with Gasteiger partial charge in [-0.15, -0.1) is 0 Å². The molecule has 0 aliphatic heterocycles. The lowest BCUT2D eigenvalue weighted by Crippen LogP contribution is -1.99. The summed E-state index contributed by atoms with van der Waals surface area (Å²) in [5.74, 6) is 0. The molecule has 0 fully saturated rings. The molecular formula is C10H10Cl2N2S. The molecule has 0 aliphatic rings. The second-order valence-electron chi connectivity index (χ2n) is 3.68. The number of hydrogen-bond donors (Lipinski definition) is 1. The molecular weight excluding hydrogens is 251 g/mol. The highest BCUT2D eigenvalue weighted by Crippen LogP contribution is 2.28. The molecule has 2 aromatic rings. The fraction of sp³-hybridized carbons (Fsp3) is 0.300. The fourth-order valence-electron chi connectivity index (χ4n) is 1.63. The molecule has 0 saturated carbocycles. The van der Waals surface area contributed by atoms with Gasteiger partial charge in [0.25, 0.3) is 0 Å². The Labute approximate surface area is 103 Å². The minimum Gasteiger partial charge on any atom is -0.331 e. The van der Waals surface area contributed by atoms with Crippen LogP contribution in [0.4, 0.5) is 0 Å². The van der Waals surface area contributed by atoms with Crippen LogP contribution < -0.4 is 0 Å². The predicted molar refractivity (Wildman–Crippen MR) is 67.5 cm³/mol. The summed E-state index contributed by atoms with van der Waals surface area (Å²) in [4.78, 5) is 3.11. The number of H-pyrrole nitrogens is 1. The average Bonchev–Trinajstić information content (AvgIpc) is 2.41. The van der Waals surface area contributed by atoms with Crippen LogP contribution in [-0.2, 0) is 0 Å². The molecule has 0 amide bonds. The van der Waals surface area contributed by atoms with Crippen molar-refractivity contribution in [2.45, 2.75) is 19.9 Å². The lowest BCUT2D eigenvalue weighted by atomic mass is 10.3. The lowest BCUT2D eigenvalue weighted by Gasteiger charge is -2.08. The normalized spacial score (nSPS) is 11.5. The standard InChI is InChI=1S/C10H10Cl2N2S/c1-5(2)14-9-4-7(12)6(11)3-8(9)13-10(14)15/h3-5H,1-2H3,(H,13,15). The SMILES string of the molecule is CC(C)n1c(=S)[nH]c2cc(Cl)c(Cl)cc21. The molecule has 80 valence electrons. The Morgan fingerprint density at radius 3 is 2.47 bits per heavy atom. The molecule has 0 radical (unpaired) electrons. The summed E-state index contributed by atoms with van der Waals surface area (Å²) in [5, 5.41) is 1.09. The number of fused-ring (bicyclic) bond motifs is 1. The van der Waals surface area contributed by atoms with Crippen LogP contribution in [0, 0.1) is 4.77 Å². The number of aromatic amines is 1. The van der Waals surface area contributed by atoms with Gasteiger partial charge in [0.15, 0.2) is 4.77 Å². The van der Waals surface area contributed by atoms with Crippen molar-refractivity contribution in [2.24, 2.45) is 0 Å². The number of nitrogens with one attached hydrogen (secondary N) is 1. The molecule has 0 saturated heterocycles. The zero-order valence-electron chi connectivity index (χ0n) is 8.34. The maximum absolute atomic E-state index is 5.98. The minimum absolute atomic E-state index is 0.295. The van der Waals surface area contributed by atoms with Crippen molar-refractivity contribution in [2.75, 3.05) is 0 Å². The molecule has 2 nitrogen and oxygen atoms in total. The molecule has 0 aliphatic carbocycles. The van der Waals surface area contributed by atoms with Crippen LogP contribution in [-0.4, -0.2) is 9.55 Å². The minimum atomic E-state index is 0.295. The second kappa shape index (κ2) is 3.81. The Balaban J connectivity index is 2.88. The van der Waals surface area contributed by atoms with Crippen molar-refractivity contribution in [1.82, 2.24) is 9.55 Å². The number of rotatable bonds is 1. The third-order valence-electron chi connectivity index (χ3n) is 2.27. The Bertz CT molecular complexity index is 569. The van der Waals surface area contributed by atoms with Crippen LogP contribution in [0.15, 0.2) is 12.1 Å². The molecule has 1 aromatic carbocycles. The summed E-state index contributed by atoms with van der Waals surface area (Å²) in [6.07, 6.45) is 0. The van der Waals surface area contributed by atoms with E-state index in [1.54, 1.807) is 6.07 Å². The summed E-state index contributed by atoms with van der Waals surface area (Å²) in [6, 6.07) is 3.93. The van der Waals surface area contributed by atoms with Crippen LogP contribution in [0.25, 0.3) is 11.0 Å². The van der Waals surface area contributed by atoms with E-state index in [2.05, 4.69) is 18.8 Å². The van der Waals surface area contributed by atoms with E-state index in [-0.39, 0.29) is 0 Å². The summed E-state index contributed by atoms with van der Waals surface area (Å²) >= 11 is 17.2. The third kappa shape index (κ3) is 1.80. The number of halogens is 2. The van der Waals surface area contributed by atoms with Crippen LogP contribution in [0.2, 0.25) is 10.0 Å². The maximum atomic E-state index is 5.98. The molecule has 1 N–H and O–H groups in total. The highest BCUT2D eigenvalue weighted by Gasteiger charge is 2.09. The highest BCUT2D eigenvalue weighted by atomic mass is 35.5. The van der Waals surface area contributed by atoms with E-state index >= 15 is 0 Å². The van der Waals surface area contributed by atoms with E-state index in [0.717, 1.165) is 11.0 Å². The first-order valence-electron chi connectivity index (χ1n) is 4.60. The fourth-order valence-corrected chi connectivity index (χ4v) is 2.37. The monoisotopic (exact) mass is 260 g/mol. The zero-order chi connectivity index (χ0) is 11.2. The number of benzene rings is 1. The number of hydrogen-bond acceptors (Lipinski definition) is 1. The first kappa shape index (κ1) is 11.0. The van der Waals surface area contributed by atoms with Gasteiger partial charge in [-0.1, -0.05) is 23.2 Å². The van der Waals surface area contributed by atoms with Crippen LogP contribution in [0.1, 0.15) is 19.9 Å². The van der Waals surface area contributed by atoms with Crippen molar-refractivity contribution >= 4 is 46.5 Å². The van der Waals surface area contributed by atoms with Crippen molar-refractivity contribution in [3.8, 4) is 0 Å². The van der Waals surface area contributed by atoms with Gasteiger partial charge in [-0.3, -0.25) is 0 Å². The number of nitrogens with zero attached hydrogens (tertiary/aromatic N) is 1. The maximum Gasteiger partial charge on any atom is 0.178 e. The van der Waals surface area contributed by atoms with Gasteiger partial charge in [-0.2, -0.15) is 0 Å². The van der Waals surface area contributed by atoms with Gasteiger partial charge in [0.1, 0.15) is 0 Å². The number of imidazole rings is 1. The van der Waals surface area contributed by atoms with Crippen LogP contribution in [0.5, 0.6) is 0 Å². The third-order valence-corrected chi connectivity index (χ3v) is 3.30. The summed E-state index contributed by atoms with van der Waals surface area (Å²) < 4.78 is 2.71. The molecule has 2 rings (SSSR count). The molecule has 0 spiro atoms. The Morgan fingerprint density at radius 1 is 1.27 bits per heavy atom. The van der Waals surface area contributed by atoms with Crippen LogP contribution >= 0.6 is 35.4 Å². The van der Waals surface area contributed by atoms with Gasteiger partial charge in [-0.05, 0) is 38.2 Å². The first-order chi connectivity index (χ1) is 7.00. The molecule has 15 heavy (non-hydrogen) atoms. The van der Waals surface area contributed by atoms with Crippen molar-refractivity contribution in [1.29, 1.82) is 0 Å². The van der Waals surface area contributed by atoms with Gasteiger partial charge in [0.2, 0.25) is 0 Å². The van der Waals surface area contributed by atoms with E-state index in [1.807, 2.05) is 10.6 Å². The van der Waals surface area contributed by atoms with E-state index in [9.17, 15) is 0 Å². The van der Waals surface area contributed by atoms with Crippen LogP contribution in [0.3, 0.4) is 0 Å². The van der Waals surface area contributed by atoms with Crippen molar-refractivity contribution < 1.29 is 0 Å². The quantitative estimate of drug-likeness (QED) is 0.745. The van der Waals surface area contributed by atoms with Gasteiger partial charge < -0.3 is 9.55 Å². The topological polar surface area (TPSA) is 20.7 Å². The van der Waals surface area contributed by atoms with E-state index in [0.29, 0.717) is 20.9 Å². The number of aromatic nitrogens is 2. The van der Waals surface area contributed by atoms with E-state index in [1.165, 1.54) is 0 Å². The highest BCUT2D eigenvalue weighted by molar-refractivity contribution is 7.71. The lowest BCUT2D eigenvalue weighted by molar-refractivity contribution is 0.610. The molecule has 0 unspecified atom stereocenters. The van der Waals surface area contributed by atoms with Gasteiger partial charge >= 0.3 is 0 Å². The molecule has 5 heteroatoms. The zero-order valence-corrected chi connectivity index (χ0v) is 10.7. The second-order valence-corrected chi connectivity index (χ2v) is 4.88. The van der Waals surface area contributed by atoms with E-state index in [4.69, 9.17) is 35.4 Å². The molecule has 1 heterocycles. The first-order valence-corrected chi connectivity index (χ1v) is 5.76. The van der Waals surface area contributed by atoms with Gasteiger partial charge in [0, 0.05) is 6.04 Å². The Kier molecular flexibility index (Phi) is 2.79. The van der Waals surface area contributed by atoms with Gasteiger partial charge in [0.05, 0.1) is 21.1 Å². The molecule has 1 aromatic heterocycles. The Morgan fingerprint density at radius 2 is 1.87 bits per heavy atom. The Hall–Kier alpha value is -0.510. The van der Waals surface area contributed by atoms with E-state index < -0.39 is 0 Å². The summed E-state index contributed by atoms with van der Waals surface area (Å²) in [7, 11) is 0. The predicted octanol–water partition coefficient (Wildman–Crippen LogP) is 4.59. The largest absolute Gasteiger partial charge is 0.331 e. The molecule has 0 bridgehead atoms. The van der Waals surface area contributed by atoms with Crippen molar-refractivity contribution in [3.63, 3.8) is 0 Å². The average molecular weight is 261 g/mol. The summed E-state index contributed by atoms with van der Waals surface area (Å²) in [6.45, 7) is 4.15. The smallest absolute Gasteiger partial charge is 0.178 e. The molecule has 0 atom stereocenters. The van der Waals surface area contributed by atoms with Crippen molar-refractivity contribution in [3.05, 3.63) is 26.9 Å². The van der Waals surface area contributed by atoms with Gasteiger partial charge in [-0.25, -0.2) is 0 Å².